The molecular formula is C11H14N4. The molecule has 1 unspecified atom stereocenters. The van der Waals surface area contributed by atoms with E-state index in [4.69, 9.17) is 0 Å². The predicted molar refractivity (Wildman–Crippen MR) is 58.6 cm³/mol. The summed E-state index contributed by atoms with van der Waals surface area (Å²) in [5, 5.41) is 3.43. The van der Waals surface area contributed by atoms with Gasteiger partial charge in [-0.15, -0.1) is 0 Å². The van der Waals surface area contributed by atoms with E-state index in [1.54, 1.807) is 0 Å². The van der Waals surface area contributed by atoms with Crippen molar-refractivity contribution in [3.05, 3.63) is 23.7 Å². The van der Waals surface area contributed by atoms with Crippen LogP contribution < -0.4 is 5.32 Å². The first-order valence-corrected chi connectivity index (χ1v) is 5.39. The van der Waals surface area contributed by atoms with Crippen molar-refractivity contribution < 1.29 is 0 Å². The van der Waals surface area contributed by atoms with Gasteiger partial charge in [-0.1, -0.05) is 0 Å². The highest BCUT2D eigenvalue weighted by atomic mass is 15.1. The van der Waals surface area contributed by atoms with Gasteiger partial charge < -0.3 is 10.3 Å². The van der Waals surface area contributed by atoms with E-state index < -0.39 is 0 Å². The summed E-state index contributed by atoms with van der Waals surface area (Å²) in [7, 11) is 0. The Morgan fingerprint density at radius 3 is 3.13 bits per heavy atom. The van der Waals surface area contributed by atoms with Gasteiger partial charge in [0, 0.05) is 6.20 Å². The summed E-state index contributed by atoms with van der Waals surface area (Å²) in [4.78, 5) is 12.2. The van der Waals surface area contributed by atoms with E-state index in [1.165, 1.54) is 18.4 Å². The number of nitrogens with zero attached hydrogens (tertiary/aromatic N) is 2. The van der Waals surface area contributed by atoms with E-state index in [2.05, 4.69) is 27.2 Å². The lowest BCUT2D eigenvalue weighted by Crippen LogP contribution is -2.14. The van der Waals surface area contributed by atoms with Crippen LogP contribution >= 0.6 is 0 Å². The molecule has 0 aromatic carbocycles. The monoisotopic (exact) mass is 202 g/mol. The van der Waals surface area contributed by atoms with Crippen molar-refractivity contribution >= 4 is 11.2 Å². The number of pyridine rings is 1. The number of imidazole rings is 1. The van der Waals surface area contributed by atoms with Gasteiger partial charge in [0.1, 0.15) is 5.82 Å². The third-order valence-corrected chi connectivity index (χ3v) is 3.01. The Hall–Kier alpha value is -1.42. The number of rotatable bonds is 1. The summed E-state index contributed by atoms with van der Waals surface area (Å²) in [5.41, 5.74) is 3.11. The molecule has 0 radical (unpaired) electrons. The van der Waals surface area contributed by atoms with Crippen molar-refractivity contribution in [3.63, 3.8) is 0 Å². The van der Waals surface area contributed by atoms with Gasteiger partial charge in [-0.25, -0.2) is 9.97 Å². The largest absolute Gasteiger partial charge is 0.339 e. The Morgan fingerprint density at radius 2 is 2.40 bits per heavy atom. The molecule has 4 nitrogen and oxygen atoms in total. The smallest absolute Gasteiger partial charge is 0.178 e. The summed E-state index contributed by atoms with van der Waals surface area (Å²) in [6.45, 7) is 3.17. The van der Waals surface area contributed by atoms with Crippen LogP contribution in [-0.2, 0) is 0 Å². The number of H-pyrrole nitrogens is 1. The fraction of sp³-hybridized carbons (Fsp3) is 0.455. The van der Waals surface area contributed by atoms with Crippen LogP contribution in [0.25, 0.3) is 11.2 Å². The lowest BCUT2D eigenvalue weighted by Gasteiger charge is -2.04. The molecule has 0 aliphatic carbocycles. The molecule has 1 aliphatic heterocycles. The summed E-state index contributed by atoms with van der Waals surface area (Å²) in [5.74, 6) is 1.03. The minimum absolute atomic E-state index is 0.388. The van der Waals surface area contributed by atoms with Gasteiger partial charge in [0.15, 0.2) is 5.65 Å². The van der Waals surface area contributed by atoms with Crippen molar-refractivity contribution in [2.24, 2.45) is 0 Å². The van der Waals surface area contributed by atoms with Crippen molar-refractivity contribution in [3.8, 4) is 0 Å². The Morgan fingerprint density at radius 1 is 1.47 bits per heavy atom. The highest BCUT2D eigenvalue weighted by Gasteiger charge is 2.19. The molecule has 2 aromatic heterocycles. The molecular weight excluding hydrogens is 188 g/mol. The summed E-state index contributed by atoms with van der Waals surface area (Å²) in [6, 6.07) is 2.39. The number of fused-ring (bicyclic) bond motifs is 1. The number of nitrogens with one attached hydrogen (secondary N) is 2. The van der Waals surface area contributed by atoms with Gasteiger partial charge in [0.05, 0.1) is 11.6 Å². The minimum Gasteiger partial charge on any atom is -0.339 e. The molecule has 1 aliphatic rings. The van der Waals surface area contributed by atoms with Crippen molar-refractivity contribution in [1.29, 1.82) is 0 Å². The second-order valence-corrected chi connectivity index (χ2v) is 4.10. The molecule has 1 atom stereocenters. The normalized spacial score (nSPS) is 21.3. The van der Waals surface area contributed by atoms with Gasteiger partial charge in [-0.2, -0.15) is 0 Å². The van der Waals surface area contributed by atoms with Crippen LogP contribution in [0.4, 0.5) is 0 Å². The van der Waals surface area contributed by atoms with Gasteiger partial charge in [0.25, 0.3) is 0 Å². The quantitative estimate of drug-likeness (QED) is 0.740. The van der Waals surface area contributed by atoms with Crippen LogP contribution in [0, 0.1) is 6.92 Å². The fourth-order valence-electron chi connectivity index (χ4n) is 2.14. The second kappa shape index (κ2) is 3.31. The molecule has 1 saturated heterocycles. The molecule has 0 bridgehead atoms. The summed E-state index contributed by atoms with van der Waals surface area (Å²) < 4.78 is 0. The number of aromatic amines is 1. The third-order valence-electron chi connectivity index (χ3n) is 3.01. The second-order valence-electron chi connectivity index (χ2n) is 4.10. The van der Waals surface area contributed by atoms with Crippen molar-refractivity contribution in [2.75, 3.05) is 6.54 Å². The van der Waals surface area contributed by atoms with Crippen molar-refractivity contribution in [1.82, 2.24) is 20.3 Å². The highest BCUT2D eigenvalue weighted by molar-refractivity contribution is 5.74. The maximum Gasteiger partial charge on any atom is 0.178 e. The van der Waals surface area contributed by atoms with Crippen LogP contribution in [0.5, 0.6) is 0 Å². The zero-order valence-electron chi connectivity index (χ0n) is 8.75. The van der Waals surface area contributed by atoms with Crippen LogP contribution in [0.2, 0.25) is 0 Å². The molecule has 3 rings (SSSR count). The summed E-state index contributed by atoms with van der Waals surface area (Å²) in [6.07, 6.45) is 4.21. The number of aryl methyl sites for hydroxylation is 1. The van der Waals surface area contributed by atoms with Crippen molar-refractivity contribution in [2.45, 2.75) is 25.8 Å². The number of hydrogen-bond acceptors (Lipinski definition) is 3. The lowest BCUT2D eigenvalue weighted by molar-refractivity contribution is 0.614. The van der Waals surface area contributed by atoms with E-state index in [-0.39, 0.29) is 0 Å². The number of aromatic nitrogens is 3. The molecule has 2 aromatic rings. The van der Waals surface area contributed by atoms with Gasteiger partial charge in [-0.3, -0.25) is 0 Å². The third kappa shape index (κ3) is 1.41. The zero-order chi connectivity index (χ0) is 10.3. The average molecular weight is 202 g/mol. The van der Waals surface area contributed by atoms with E-state index in [9.17, 15) is 0 Å². The molecule has 78 valence electrons. The standard InChI is InChI=1S/C11H14N4/c1-7-4-6-13-11-9(7)14-10(15-11)8-3-2-5-12-8/h4,6,8,12H,2-3,5H2,1H3,(H,13,14,15). The van der Waals surface area contributed by atoms with E-state index in [0.717, 1.165) is 23.5 Å². The van der Waals surface area contributed by atoms with Crippen LogP contribution in [0.1, 0.15) is 30.3 Å². The summed E-state index contributed by atoms with van der Waals surface area (Å²) >= 11 is 0. The number of hydrogen-bond donors (Lipinski definition) is 2. The SMILES string of the molecule is Cc1ccnc2nc(C3CCCN3)[nH]c12. The molecule has 15 heavy (non-hydrogen) atoms. The first-order valence-electron chi connectivity index (χ1n) is 5.39. The zero-order valence-corrected chi connectivity index (χ0v) is 8.75. The molecule has 1 fully saturated rings. The maximum atomic E-state index is 4.53. The first-order chi connectivity index (χ1) is 7.34. The highest BCUT2D eigenvalue weighted by Crippen LogP contribution is 2.23. The van der Waals surface area contributed by atoms with Gasteiger partial charge in [-0.05, 0) is 37.9 Å². The maximum absolute atomic E-state index is 4.53. The van der Waals surface area contributed by atoms with Gasteiger partial charge in [0.2, 0.25) is 0 Å². The fourth-order valence-corrected chi connectivity index (χ4v) is 2.14. The topological polar surface area (TPSA) is 53.6 Å². The Labute approximate surface area is 88.1 Å². The average Bonchev–Trinajstić information content (AvgIpc) is 2.86. The Kier molecular flexibility index (Phi) is 1.95. The predicted octanol–water partition coefficient (Wildman–Crippen LogP) is 1.69. The van der Waals surface area contributed by atoms with E-state index >= 15 is 0 Å². The molecule has 0 spiro atoms. The van der Waals surface area contributed by atoms with Crippen LogP contribution in [-0.4, -0.2) is 21.5 Å². The van der Waals surface area contributed by atoms with E-state index in [0.29, 0.717) is 6.04 Å². The lowest BCUT2D eigenvalue weighted by atomic mass is 10.2. The minimum atomic E-state index is 0.388. The Bertz CT molecular complexity index is 482. The molecule has 0 saturated carbocycles. The first kappa shape index (κ1) is 8.85. The van der Waals surface area contributed by atoms with E-state index in [1.807, 2.05) is 12.3 Å². The molecule has 0 amide bonds. The molecule has 2 N–H and O–H groups in total. The van der Waals surface area contributed by atoms with Crippen LogP contribution in [0.3, 0.4) is 0 Å². The van der Waals surface area contributed by atoms with Crippen LogP contribution in [0.15, 0.2) is 12.3 Å². The molecule has 4 heteroatoms. The van der Waals surface area contributed by atoms with Gasteiger partial charge >= 0.3 is 0 Å². The Balaban J connectivity index is 2.09. The molecule has 3 heterocycles.